The Morgan fingerprint density at radius 3 is 2.32 bits per heavy atom. The van der Waals surface area contributed by atoms with Gasteiger partial charge in [-0.05, 0) is 54.6 Å². The van der Waals surface area contributed by atoms with Crippen LogP contribution in [0.25, 0.3) is 0 Å². The number of ether oxygens (including phenoxy) is 3. The van der Waals surface area contributed by atoms with Crippen molar-refractivity contribution in [1.82, 2.24) is 5.06 Å². The third-order valence-corrected chi connectivity index (χ3v) is 6.49. The molecule has 11 heteroatoms. The van der Waals surface area contributed by atoms with Crippen LogP contribution in [-0.2, 0) is 24.1 Å². The van der Waals surface area contributed by atoms with E-state index in [1.165, 1.54) is 30.3 Å². The van der Waals surface area contributed by atoms with Gasteiger partial charge in [0.15, 0.2) is 27.9 Å². The van der Waals surface area contributed by atoms with E-state index in [2.05, 4.69) is 0 Å². The van der Waals surface area contributed by atoms with Gasteiger partial charge < -0.3 is 14.2 Å². The Morgan fingerprint density at radius 2 is 1.71 bits per heavy atom. The lowest BCUT2D eigenvalue weighted by atomic mass is 10.2. The molecule has 0 bridgehead atoms. The zero-order chi connectivity index (χ0) is 22.2. The molecule has 1 amide bonds. The molecule has 0 radical (unpaired) electrons. The van der Waals surface area contributed by atoms with Crippen LogP contribution in [0.2, 0.25) is 5.02 Å². The molecule has 2 aliphatic rings. The van der Waals surface area contributed by atoms with Gasteiger partial charge in [-0.1, -0.05) is 11.6 Å². The first-order chi connectivity index (χ1) is 14.7. The van der Waals surface area contributed by atoms with Crippen LogP contribution in [0.15, 0.2) is 65.1 Å². The summed E-state index contributed by atoms with van der Waals surface area (Å²) in [6.45, 7) is 0. The zero-order valence-corrected chi connectivity index (χ0v) is 17.4. The summed E-state index contributed by atoms with van der Waals surface area (Å²) in [5, 5.41) is 10.7. The van der Waals surface area contributed by atoms with Crippen LogP contribution >= 0.6 is 11.6 Å². The van der Waals surface area contributed by atoms with Gasteiger partial charge in [0.2, 0.25) is 0 Å². The highest BCUT2D eigenvalue weighted by Crippen LogP contribution is 2.31. The van der Waals surface area contributed by atoms with Crippen LogP contribution in [0, 0.1) is 0 Å². The third-order valence-electron chi connectivity index (χ3n) is 4.67. The second-order valence-corrected chi connectivity index (χ2v) is 9.26. The Morgan fingerprint density at radius 1 is 1.10 bits per heavy atom. The summed E-state index contributed by atoms with van der Waals surface area (Å²) in [6.07, 6.45) is -0.821. The molecule has 0 saturated carbocycles. The molecule has 2 unspecified atom stereocenters. The molecule has 1 aliphatic heterocycles. The average Bonchev–Trinajstić information content (AvgIpc) is 3.26. The standard InChI is InChI=1S/C20H16ClNO8S/c21-13-1-3-14(4-2-13)28-15-5-7-16(8-6-15)31(26,27)11-22(25)19(23)12-9-17-18(10-12)30-20(24)29-17/h1-9,17-18,25H,10-11H2. The van der Waals surface area contributed by atoms with E-state index in [0.29, 0.717) is 16.5 Å². The normalized spacial score (nSPS) is 19.8. The number of halogens is 1. The first kappa shape index (κ1) is 21.2. The van der Waals surface area contributed by atoms with E-state index in [9.17, 15) is 23.2 Å². The monoisotopic (exact) mass is 465 g/mol. The number of carbonyl (C=O) groups is 2. The molecule has 2 aromatic carbocycles. The summed E-state index contributed by atoms with van der Waals surface area (Å²) in [5.74, 6) is -0.927. The fraction of sp³-hybridized carbons (Fsp3) is 0.200. The molecule has 1 N–H and O–H groups in total. The molecule has 9 nitrogen and oxygen atoms in total. The lowest BCUT2D eigenvalue weighted by molar-refractivity contribution is -0.156. The van der Waals surface area contributed by atoms with Crippen molar-refractivity contribution in [1.29, 1.82) is 0 Å². The number of fused-ring (bicyclic) bond motifs is 1. The molecule has 1 aliphatic carbocycles. The van der Waals surface area contributed by atoms with Gasteiger partial charge in [0.25, 0.3) is 5.91 Å². The molecular weight excluding hydrogens is 450 g/mol. The van der Waals surface area contributed by atoms with Crippen molar-refractivity contribution in [3.05, 3.63) is 65.2 Å². The van der Waals surface area contributed by atoms with E-state index in [-0.39, 0.29) is 22.0 Å². The van der Waals surface area contributed by atoms with E-state index in [0.717, 1.165) is 0 Å². The third kappa shape index (κ3) is 4.66. The number of benzene rings is 2. The fourth-order valence-electron chi connectivity index (χ4n) is 3.16. The molecule has 0 aromatic heterocycles. The van der Waals surface area contributed by atoms with Gasteiger partial charge in [-0.15, -0.1) is 0 Å². The van der Waals surface area contributed by atoms with Crippen LogP contribution in [0.4, 0.5) is 4.79 Å². The maximum absolute atomic E-state index is 12.6. The van der Waals surface area contributed by atoms with Crippen LogP contribution in [0.3, 0.4) is 0 Å². The van der Waals surface area contributed by atoms with Crippen molar-refractivity contribution in [3.8, 4) is 11.5 Å². The highest BCUT2D eigenvalue weighted by Gasteiger charge is 2.42. The summed E-state index contributed by atoms with van der Waals surface area (Å²) >= 11 is 5.82. The Bertz CT molecular complexity index is 1140. The van der Waals surface area contributed by atoms with E-state index in [4.69, 9.17) is 25.8 Å². The summed E-state index contributed by atoms with van der Waals surface area (Å²) in [5.41, 5.74) is 0.104. The predicted molar refractivity (Wildman–Crippen MR) is 106 cm³/mol. The number of hydroxylamine groups is 2. The van der Waals surface area contributed by atoms with Crippen LogP contribution < -0.4 is 4.74 Å². The quantitative estimate of drug-likeness (QED) is 0.392. The molecule has 4 rings (SSSR count). The van der Waals surface area contributed by atoms with Crippen molar-refractivity contribution >= 4 is 33.5 Å². The summed E-state index contributed by atoms with van der Waals surface area (Å²) in [7, 11) is -4.02. The van der Waals surface area contributed by atoms with Crippen LogP contribution in [-0.4, -0.2) is 48.8 Å². The summed E-state index contributed by atoms with van der Waals surface area (Å²) in [6, 6.07) is 12.2. The first-order valence-corrected chi connectivity index (χ1v) is 11.1. The minimum absolute atomic E-state index is 0.0308. The molecule has 1 heterocycles. The lowest BCUT2D eigenvalue weighted by Gasteiger charge is -2.16. The molecule has 162 valence electrons. The van der Waals surface area contributed by atoms with E-state index in [1.807, 2.05) is 0 Å². The molecule has 31 heavy (non-hydrogen) atoms. The summed E-state index contributed by atoms with van der Waals surface area (Å²) in [4.78, 5) is 23.3. The number of sulfone groups is 1. The van der Waals surface area contributed by atoms with Crippen molar-refractivity contribution in [2.45, 2.75) is 23.5 Å². The maximum Gasteiger partial charge on any atom is 0.509 e. The Hall–Kier alpha value is -3.08. The predicted octanol–water partition coefficient (Wildman–Crippen LogP) is 3.32. The molecule has 2 atom stereocenters. The molecule has 1 saturated heterocycles. The van der Waals surface area contributed by atoms with Gasteiger partial charge in [-0.2, -0.15) is 0 Å². The Labute approximate surface area is 182 Å². The van der Waals surface area contributed by atoms with Gasteiger partial charge in [0, 0.05) is 17.0 Å². The number of nitrogens with zero attached hydrogens (tertiary/aromatic N) is 1. The van der Waals surface area contributed by atoms with E-state index < -0.39 is 40.0 Å². The molecule has 0 spiro atoms. The Kier molecular flexibility index (Phi) is 5.61. The van der Waals surface area contributed by atoms with Gasteiger partial charge in [0.05, 0.1) is 4.90 Å². The van der Waals surface area contributed by atoms with Gasteiger partial charge in [0.1, 0.15) is 11.5 Å². The zero-order valence-electron chi connectivity index (χ0n) is 15.8. The Balaban J connectivity index is 1.40. The second-order valence-electron chi connectivity index (χ2n) is 6.86. The average molecular weight is 466 g/mol. The SMILES string of the molecule is O=C1OC2C=C(C(=O)N(O)CS(=O)(=O)c3ccc(Oc4ccc(Cl)cc4)cc3)CC2O1. The lowest BCUT2D eigenvalue weighted by Crippen LogP contribution is -2.33. The maximum atomic E-state index is 12.6. The van der Waals surface area contributed by atoms with Crippen LogP contribution in [0.5, 0.6) is 11.5 Å². The van der Waals surface area contributed by atoms with Gasteiger partial charge >= 0.3 is 6.16 Å². The number of carbonyl (C=O) groups excluding carboxylic acids is 2. The molecule has 2 aromatic rings. The first-order valence-electron chi connectivity index (χ1n) is 9.06. The molecular formula is C20H16ClNO8S. The topological polar surface area (TPSA) is 119 Å². The number of hydrogen-bond donors (Lipinski definition) is 1. The fourth-order valence-corrected chi connectivity index (χ4v) is 4.42. The summed E-state index contributed by atoms with van der Waals surface area (Å²) < 4.78 is 40.5. The number of amides is 1. The largest absolute Gasteiger partial charge is 0.509 e. The number of rotatable bonds is 6. The van der Waals surface area contributed by atoms with Gasteiger partial charge in [-0.3, -0.25) is 10.0 Å². The van der Waals surface area contributed by atoms with Crippen molar-refractivity contribution in [2.24, 2.45) is 0 Å². The smallest absolute Gasteiger partial charge is 0.457 e. The number of hydrogen-bond acceptors (Lipinski definition) is 8. The van der Waals surface area contributed by atoms with Gasteiger partial charge in [-0.25, -0.2) is 18.3 Å². The minimum Gasteiger partial charge on any atom is -0.457 e. The highest BCUT2D eigenvalue weighted by molar-refractivity contribution is 7.91. The highest BCUT2D eigenvalue weighted by atomic mass is 35.5. The van der Waals surface area contributed by atoms with E-state index in [1.54, 1.807) is 24.3 Å². The van der Waals surface area contributed by atoms with Crippen molar-refractivity contribution < 1.29 is 37.4 Å². The van der Waals surface area contributed by atoms with Crippen molar-refractivity contribution in [3.63, 3.8) is 0 Å². The molecule has 1 fully saturated rings. The van der Waals surface area contributed by atoms with Crippen LogP contribution in [0.1, 0.15) is 6.42 Å². The van der Waals surface area contributed by atoms with E-state index >= 15 is 0 Å². The minimum atomic E-state index is -4.02. The second kappa shape index (κ2) is 8.22. The van der Waals surface area contributed by atoms with Crippen molar-refractivity contribution in [2.75, 3.05) is 5.88 Å².